The van der Waals surface area contributed by atoms with Gasteiger partial charge in [-0.2, -0.15) is 5.10 Å². The van der Waals surface area contributed by atoms with Gasteiger partial charge >= 0.3 is 0 Å². The number of nitrogens with zero attached hydrogens (tertiary/aromatic N) is 2. The van der Waals surface area contributed by atoms with Crippen LogP contribution in [0.5, 0.6) is 5.75 Å². The van der Waals surface area contributed by atoms with Crippen LogP contribution in [-0.2, 0) is 11.3 Å². The fraction of sp³-hybridized carbons (Fsp3) is 0.769. The molecule has 0 fully saturated rings. The number of hydrogen-bond donors (Lipinski definition) is 1. The third-order valence-corrected chi connectivity index (χ3v) is 2.86. The fourth-order valence-electron chi connectivity index (χ4n) is 1.99. The van der Waals surface area contributed by atoms with E-state index in [2.05, 4.69) is 12.0 Å². The van der Waals surface area contributed by atoms with E-state index in [9.17, 15) is 0 Å². The van der Waals surface area contributed by atoms with E-state index in [1.807, 2.05) is 11.6 Å². The van der Waals surface area contributed by atoms with Crippen LogP contribution in [0.25, 0.3) is 0 Å². The zero-order chi connectivity index (χ0) is 13.4. The highest BCUT2D eigenvalue weighted by molar-refractivity contribution is 5.28. The Bertz CT molecular complexity index is 339. The average molecular weight is 255 g/mol. The highest BCUT2D eigenvalue weighted by atomic mass is 16.5. The first-order valence-corrected chi connectivity index (χ1v) is 6.67. The van der Waals surface area contributed by atoms with Gasteiger partial charge in [0, 0.05) is 19.8 Å². The van der Waals surface area contributed by atoms with Crippen molar-refractivity contribution >= 4 is 0 Å². The second-order valence-electron chi connectivity index (χ2n) is 4.27. The van der Waals surface area contributed by atoms with Crippen LogP contribution in [-0.4, -0.2) is 30.1 Å². The Morgan fingerprint density at radius 3 is 2.83 bits per heavy atom. The van der Waals surface area contributed by atoms with Gasteiger partial charge in [-0.05, 0) is 26.2 Å². The summed E-state index contributed by atoms with van der Waals surface area (Å²) < 4.78 is 12.6. The zero-order valence-corrected chi connectivity index (χ0v) is 11.7. The highest BCUT2D eigenvalue weighted by Crippen LogP contribution is 2.26. The van der Waals surface area contributed by atoms with Crippen molar-refractivity contribution in [2.75, 3.05) is 20.3 Å². The van der Waals surface area contributed by atoms with Crippen LogP contribution < -0.4 is 10.5 Å². The predicted octanol–water partition coefficient (Wildman–Crippen LogP) is 2.12. The lowest BCUT2D eigenvalue weighted by Gasteiger charge is -2.15. The summed E-state index contributed by atoms with van der Waals surface area (Å²) >= 11 is 0. The monoisotopic (exact) mass is 255 g/mol. The van der Waals surface area contributed by atoms with E-state index >= 15 is 0 Å². The van der Waals surface area contributed by atoms with Crippen LogP contribution in [0.2, 0.25) is 0 Å². The molecule has 18 heavy (non-hydrogen) atoms. The van der Waals surface area contributed by atoms with Crippen LogP contribution in [0, 0.1) is 0 Å². The summed E-state index contributed by atoms with van der Waals surface area (Å²) in [6.07, 6.45) is 4.61. The van der Waals surface area contributed by atoms with Gasteiger partial charge in [-0.25, -0.2) is 0 Å². The van der Waals surface area contributed by atoms with Gasteiger partial charge in [-0.15, -0.1) is 0 Å². The molecule has 104 valence electrons. The molecule has 1 aromatic heterocycles. The number of nitrogens with two attached hydrogens (primary N) is 1. The SMILES string of the molecule is CCCn1ncc(OC)c1C(N)CCCOCC. The fourth-order valence-corrected chi connectivity index (χ4v) is 1.99. The van der Waals surface area contributed by atoms with Gasteiger partial charge < -0.3 is 15.2 Å². The van der Waals surface area contributed by atoms with E-state index in [-0.39, 0.29) is 6.04 Å². The van der Waals surface area contributed by atoms with Crippen LogP contribution in [0.3, 0.4) is 0 Å². The molecule has 0 aliphatic heterocycles. The van der Waals surface area contributed by atoms with Gasteiger partial charge in [-0.1, -0.05) is 6.92 Å². The van der Waals surface area contributed by atoms with Crippen molar-refractivity contribution < 1.29 is 9.47 Å². The number of methoxy groups -OCH3 is 1. The Hall–Kier alpha value is -1.07. The Balaban J connectivity index is 2.63. The van der Waals surface area contributed by atoms with Crippen molar-refractivity contribution in [1.82, 2.24) is 9.78 Å². The standard InChI is InChI=1S/C13H25N3O2/c1-4-8-16-13(12(17-3)10-15-16)11(14)7-6-9-18-5-2/h10-11H,4-9,14H2,1-3H3. The van der Waals surface area contributed by atoms with Gasteiger partial charge in [0.25, 0.3) is 0 Å². The molecule has 0 spiro atoms. The normalized spacial score (nSPS) is 12.7. The van der Waals surface area contributed by atoms with Gasteiger partial charge in [0.1, 0.15) is 0 Å². The van der Waals surface area contributed by atoms with Gasteiger partial charge in [0.2, 0.25) is 0 Å². The molecule has 5 heteroatoms. The van der Waals surface area contributed by atoms with Crippen molar-refractivity contribution in [2.45, 2.75) is 45.7 Å². The van der Waals surface area contributed by atoms with Crippen molar-refractivity contribution in [3.8, 4) is 5.75 Å². The molecule has 2 N–H and O–H groups in total. The summed E-state index contributed by atoms with van der Waals surface area (Å²) in [5, 5.41) is 4.32. The number of ether oxygens (including phenoxy) is 2. The topological polar surface area (TPSA) is 62.3 Å². The Morgan fingerprint density at radius 1 is 1.44 bits per heavy atom. The smallest absolute Gasteiger partial charge is 0.161 e. The molecule has 1 rings (SSSR count). The Kier molecular flexibility index (Phi) is 6.75. The first-order valence-electron chi connectivity index (χ1n) is 6.67. The van der Waals surface area contributed by atoms with Crippen molar-refractivity contribution in [3.05, 3.63) is 11.9 Å². The minimum absolute atomic E-state index is 0.0468. The van der Waals surface area contributed by atoms with Crippen LogP contribution in [0.1, 0.15) is 44.8 Å². The van der Waals surface area contributed by atoms with Crippen molar-refractivity contribution in [1.29, 1.82) is 0 Å². The van der Waals surface area contributed by atoms with Crippen LogP contribution >= 0.6 is 0 Å². The number of rotatable bonds is 9. The van der Waals surface area contributed by atoms with E-state index in [1.54, 1.807) is 13.3 Å². The Labute approximate surface area is 109 Å². The van der Waals surface area contributed by atoms with Crippen LogP contribution in [0.4, 0.5) is 0 Å². The minimum atomic E-state index is -0.0468. The van der Waals surface area contributed by atoms with Crippen molar-refractivity contribution in [2.24, 2.45) is 5.73 Å². The van der Waals surface area contributed by atoms with E-state index in [0.717, 1.165) is 50.5 Å². The van der Waals surface area contributed by atoms with Crippen molar-refractivity contribution in [3.63, 3.8) is 0 Å². The average Bonchev–Trinajstić information content (AvgIpc) is 2.78. The molecule has 0 amide bonds. The number of aromatic nitrogens is 2. The molecular weight excluding hydrogens is 230 g/mol. The molecule has 1 aromatic rings. The second kappa shape index (κ2) is 8.11. The summed E-state index contributed by atoms with van der Waals surface area (Å²) in [4.78, 5) is 0. The second-order valence-corrected chi connectivity index (χ2v) is 4.27. The summed E-state index contributed by atoms with van der Waals surface area (Å²) in [5.74, 6) is 0.785. The Morgan fingerprint density at radius 2 is 2.22 bits per heavy atom. The third kappa shape index (κ3) is 3.99. The maximum atomic E-state index is 6.23. The molecule has 0 saturated carbocycles. The highest BCUT2D eigenvalue weighted by Gasteiger charge is 2.18. The first kappa shape index (κ1) is 15.0. The minimum Gasteiger partial charge on any atom is -0.493 e. The van der Waals surface area contributed by atoms with Gasteiger partial charge in [-0.3, -0.25) is 4.68 Å². The van der Waals surface area contributed by atoms with Gasteiger partial charge in [0.05, 0.1) is 25.0 Å². The maximum absolute atomic E-state index is 6.23. The molecule has 0 saturated heterocycles. The molecule has 0 radical (unpaired) electrons. The molecular formula is C13H25N3O2. The van der Waals surface area contributed by atoms with E-state index in [1.165, 1.54) is 0 Å². The predicted molar refractivity (Wildman–Crippen MR) is 71.7 cm³/mol. The lowest BCUT2D eigenvalue weighted by Crippen LogP contribution is -2.18. The number of hydrogen-bond acceptors (Lipinski definition) is 4. The van der Waals surface area contributed by atoms with E-state index in [0.29, 0.717) is 0 Å². The summed E-state index contributed by atoms with van der Waals surface area (Å²) in [6, 6.07) is -0.0468. The molecule has 1 atom stereocenters. The zero-order valence-electron chi connectivity index (χ0n) is 11.7. The molecule has 1 heterocycles. The molecule has 0 aliphatic carbocycles. The lowest BCUT2D eigenvalue weighted by molar-refractivity contribution is 0.141. The third-order valence-electron chi connectivity index (χ3n) is 2.86. The molecule has 5 nitrogen and oxygen atoms in total. The van der Waals surface area contributed by atoms with Crippen LogP contribution in [0.15, 0.2) is 6.20 Å². The number of aryl methyl sites for hydroxylation is 1. The molecule has 0 aromatic carbocycles. The molecule has 0 bridgehead atoms. The van der Waals surface area contributed by atoms with E-state index in [4.69, 9.17) is 15.2 Å². The van der Waals surface area contributed by atoms with E-state index < -0.39 is 0 Å². The summed E-state index contributed by atoms with van der Waals surface area (Å²) in [6.45, 7) is 6.51. The lowest BCUT2D eigenvalue weighted by atomic mass is 10.1. The first-order chi connectivity index (χ1) is 8.74. The quantitative estimate of drug-likeness (QED) is 0.687. The largest absolute Gasteiger partial charge is 0.493 e. The summed E-state index contributed by atoms with van der Waals surface area (Å²) in [5.41, 5.74) is 7.23. The maximum Gasteiger partial charge on any atom is 0.161 e. The molecule has 0 aliphatic rings. The summed E-state index contributed by atoms with van der Waals surface area (Å²) in [7, 11) is 1.66. The molecule has 1 unspecified atom stereocenters. The van der Waals surface area contributed by atoms with Gasteiger partial charge in [0.15, 0.2) is 5.75 Å².